The number of hydrogen-bond donors (Lipinski definition) is 1. The van der Waals surface area contributed by atoms with Crippen molar-refractivity contribution in [2.45, 2.75) is 19.8 Å². The van der Waals surface area contributed by atoms with E-state index < -0.39 is 0 Å². The third-order valence-corrected chi connectivity index (χ3v) is 5.65. The van der Waals surface area contributed by atoms with E-state index in [-0.39, 0.29) is 29.6 Å². The highest BCUT2D eigenvalue weighted by atomic mass is 79.9. The van der Waals surface area contributed by atoms with E-state index in [2.05, 4.69) is 22.9 Å². The summed E-state index contributed by atoms with van der Waals surface area (Å²) in [4.78, 5) is 28.7. The van der Waals surface area contributed by atoms with Crippen molar-refractivity contribution in [3.05, 3.63) is 28.7 Å². The first-order valence-corrected chi connectivity index (χ1v) is 8.76. The number of hydrogen-bond acceptors (Lipinski definition) is 3. The average molecular weight is 380 g/mol. The predicted molar refractivity (Wildman–Crippen MR) is 93.0 cm³/mol. The van der Waals surface area contributed by atoms with Crippen LogP contribution >= 0.6 is 15.9 Å². The molecule has 23 heavy (non-hydrogen) atoms. The van der Waals surface area contributed by atoms with E-state index in [0.717, 1.165) is 23.1 Å². The van der Waals surface area contributed by atoms with E-state index in [4.69, 9.17) is 5.73 Å². The predicted octanol–water partition coefficient (Wildman–Crippen LogP) is 2.00. The molecule has 2 amide bonds. The summed E-state index contributed by atoms with van der Waals surface area (Å²) in [5.74, 6) is -0.157. The fourth-order valence-corrected chi connectivity index (χ4v) is 3.91. The number of benzene rings is 1. The molecule has 3 rings (SSSR count). The van der Waals surface area contributed by atoms with Gasteiger partial charge in [0, 0.05) is 30.5 Å². The molecular weight excluding hydrogens is 358 g/mol. The van der Waals surface area contributed by atoms with Crippen LogP contribution in [0.4, 0.5) is 5.69 Å². The molecule has 2 N–H and O–H groups in total. The Morgan fingerprint density at radius 2 is 2.17 bits per heavy atom. The molecule has 0 aromatic heterocycles. The van der Waals surface area contributed by atoms with Crippen molar-refractivity contribution < 1.29 is 9.59 Å². The van der Waals surface area contributed by atoms with Gasteiger partial charge in [-0.1, -0.05) is 19.1 Å². The second-order valence-electron chi connectivity index (χ2n) is 6.88. The molecule has 0 spiro atoms. The minimum absolute atomic E-state index is 0.0102. The molecule has 2 saturated heterocycles. The zero-order chi connectivity index (χ0) is 16.6. The highest BCUT2D eigenvalue weighted by Crippen LogP contribution is 2.34. The molecule has 0 aliphatic carbocycles. The van der Waals surface area contributed by atoms with Gasteiger partial charge in [-0.2, -0.15) is 0 Å². The van der Waals surface area contributed by atoms with E-state index in [1.807, 2.05) is 29.2 Å². The first-order valence-electron chi connectivity index (χ1n) is 7.97. The fraction of sp³-hybridized carbons (Fsp3) is 0.529. The number of anilines is 1. The Kier molecular flexibility index (Phi) is 4.47. The van der Waals surface area contributed by atoms with Crippen LogP contribution in [0.3, 0.4) is 0 Å². The van der Waals surface area contributed by atoms with Crippen molar-refractivity contribution in [1.29, 1.82) is 0 Å². The summed E-state index contributed by atoms with van der Waals surface area (Å²) >= 11 is 3.48. The molecule has 2 unspecified atom stereocenters. The van der Waals surface area contributed by atoms with E-state index in [1.54, 1.807) is 4.90 Å². The zero-order valence-corrected chi connectivity index (χ0v) is 14.9. The maximum absolute atomic E-state index is 12.8. The highest BCUT2D eigenvalue weighted by molar-refractivity contribution is 9.10. The van der Waals surface area contributed by atoms with E-state index in [0.29, 0.717) is 19.6 Å². The van der Waals surface area contributed by atoms with E-state index in [9.17, 15) is 9.59 Å². The average Bonchev–Trinajstić information content (AvgIpc) is 3.12. The standard InChI is InChI=1S/C17H22BrN3O2/c1-17(10-19)6-7-20(11-17)16(23)12-8-15(22)21(9-12)14-5-3-2-4-13(14)18/h2-5,12H,6-11,19H2,1H3. The molecule has 2 fully saturated rings. The van der Waals surface area contributed by atoms with Gasteiger partial charge in [0.25, 0.3) is 0 Å². The topological polar surface area (TPSA) is 66.6 Å². The van der Waals surface area contributed by atoms with Gasteiger partial charge in [-0.3, -0.25) is 9.59 Å². The number of rotatable bonds is 3. The largest absolute Gasteiger partial charge is 0.342 e. The zero-order valence-electron chi connectivity index (χ0n) is 13.3. The summed E-state index contributed by atoms with van der Waals surface area (Å²) in [5.41, 5.74) is 6.66. The van der Waals surface area contributed by atoms with Gasteiger partial charge in [-0.05, 0) is 46.4 Å². The molecule has 0 bridgehead atoms. The Labute approximate surface area is 144 Å². The highest BCUT2D eigenvalue weighted by Gasteiger charge is 2.41. The first kappa shape index (κ1) is 16.5. The summed E-state index contributed by atoms with van der Waals surface area (Å²) in [6.45, 7) is 4.60. The maximum atomic E-state index is 12.8. The van der Waals surface area contributed by atoms with Crippen LogP contribution in [-0.4, -0.2) is 42.9 Å². The molecule has 6 heteroatoms. The van der Waals surface area contributed by atoms with Gasteiger partial charge in [0.05, 0.1) is 11.6 Å². The molecule has 1 aromatic carbocycles. The lowest BCUT2D eigenvalue weighted by Crippen LogP contribution is -2.38. The summed E-state index contributed by atoms with van der Waals surface area (Å²) in [6, 6.07) is 7.62. The fourth-order valence-electron chi connectivity index (χ4n) is 3.41. The molecule has 0 radical (unpaired) electrons. The smallest absolute Gasteiger partial charge is 0.228 e. The molecule has 2 atom stereocenters. The van der Waals surface area contributed by atoms with Gasteiger partial charge in [0.1, 0.15) is 0 Å². The molecule has 0 saturated carbocycles. The molecule has 2 aliphatic rings. The second kappa shape index (κ2) is 6.24. The normalized spacial score (nSPS) is 27.8. The Bertz CT molecular complexity index is 636. The molecule has 124 valence electrons. The second-order valence-corrected chi connectivity index (χ2v) is 7.74. The van der Waals surface area contributed by atoms with Gasteiger partial charge in [0.2, 0.25) is 11.8 Å². The quantitative estimate of drug-likeness (QED) is 0.872. The van der Waals surface area contributed by atoms with Gasteiger partial charge in [-0.15, -0.1) is 0 Å². The minimum Gasteiger partial charge on any atom is -0.342 e. The Morgan fingerprint density at radius 1 is 1.43 bits per heavy atom. The van der Waals surface area contributed by atoms with Crippen LogP contribution in [-0.2, 0) is 9.59 Å². The van der Waals surface area contributed by atoms with Crippen molar-refractivity contribution in [2.75, 3.05) is 31.1 Å². The van der Waals surface area contributed by atoms with Gasteiger partial charge < -0.3 is 15.5 Å². The van der Waals surface area contributed by atoms with Crippen LogP contribution in [0.5, 0.6) is 0 Å². The third-order valence-electron chi connectivity index (χ3n) is 4.98. The van der Waals surface area contributed by atoms with Gasteiger partial charge in [-0.25, -0.2) is 0 Å². The van der Waals surface area contributed by atoms with E-state index >= 15 is 0 Å². The molecule has 2 aliphatic heterocycles. The number of nitrogens with zero attached hydrogens (tertiary/aromatic N) is 2. The monoisotopic (exact) mass is 379 g/mol. The van der Waals surface area contributed by atoms with Crippen LogP contribution < -0.4 is 10.6 Å². The van der Waals surface area contributed by atoms with Crippen LogP contribution in [0.1, 0.15) is 19.8 Å². The molecular formula is C17H22BrN3O2. The van der Waals surface area contributed by atoms with Crippen molar-refractivity contribution in [3.8, 4) is 0 Å². The number of amides is 2. The van der Waals surface area contributed by atoms with Gasteiger partial charge in [0.15, 0.2) is 0 Å². The Hall–Kier alpha value is -1.40. The lowest BCUT2D eigenvalue weighted by molar-refractivity contribution is -0.135. The van der Waals surface area contributed by atoms with Crippen molar-refractivity contribution in [2.24, 2.45) is 17.1 Å². The number of carbonyl (C=O) groups is 2. The van der Waals surface area contributed by atoms with Crippen molar-refractivity contribution in [3.63, 3.8) is 0 Å². The Morgan fingerprint density at radius 3 is 2.83 bits per heavy atom. The summed E-state index contributed by atoms with van der Waals surface area (Å²) in [6.07, 6.45) is 1.22. The first-order chi connectivity index (χ1) is 10.9. The Balaban J connectivity index is 1.71. The van der Waals surface area contributed by atoms with Gasteiger partial charge >= 0.3 is 0 Å². The number of halogens is 1. The third kappa shape index (κ3) is 3.15. The van der Waals surface area contributed by atoms with Crippen LogP contribution in [0.15, 0.2) is 28.7 Å². The summed E-state index contributed by atoms with van der Waals surface area (Å²) in [5, 5.41) is 0. The number of carbonyl (C=O) groups excluding carboxylic acids is 2. The number of para-hydroxylation sites is 1. The lowest BCUT2D eigenvalue weighted by atomic mass is 9.90. The number of likely N-dealkylation sites (tertiary alicyclic amines) is 1. The summed E-state index contributed by atoms with van der Waals surface area (Å²) < 4.78 is 0.873. The minimum atomic E-state index is -0.255. The van der Waals surface area contributed by atoms with Crippen molar-refractivity contribution >= 4 is 33.4 Å². The van der Waals surface area contributed by atoms with Crippen LogP contribution in [0.25, 0.3) is 0 Å². The molecule has 5 nitrogen and oxygen atoms in total. The SMILES string of the molecule is CC1(CN)CCN(C(=O)C2CC(=O)N(c3ccccc3Br)C2)C1. The van der Waals surface area contributed by atoms with Crippen LogP contribution in [0.2, 0.25) is 0 Å². The molecule has 2 heterocycles. The summed E-state index contributed by atoms with van der Waals surface area (Å²) in [7, 11) is 0. The molecule has 1 aromatic rings. The van der Waals surface area contributed by atoms with E-state index in [1.165, 1.54) is 0 Å². The lowest BCUT2D eigenvalue weighted by Gasteiger charge is -2.24. The number of nitrogens with two attached hydrogens (primary N) is 1. The van der Waals surface area contributed by atoms with Crippen LogP contribution in [0, 0.1) is 11.3 Å². The maximum Gasteiger partial charge on any atom is 0.228 e. The van der Waals surface area contributed by atoms with Crippen molar-refractivity contribution in [1.82, 2.24) is 4.90 Å².